The van der Waals surface area contributed by atoms with Crippen LogP contribution in [0, 0.1) is 0 Å². The molecule has 0 saturated carbocycles. The summed E-state index contributed by atoms with van der Waals surface area (Å²) in [5.74, 6) is 2.29. The molecule has 5 nitrogen and oxygen atoms in total. The van der Waals surface area contributed by atoms with E-state index in [1.54, 1.807) is 31.8 Å². The largest absolute Gasteiger partial charge is 0.496 e. The van der Waals surface area contributed by atoms with E-state index in [1.807, 2.05) is 53.9 Å². The molecule has 0 bridgehead atoms. The topological polar surface area (TPSA) is 47.0 Å². The van der Waals surface area contributed by atoms with Crippen molar-refractivity contribution in [2.45, 2.75) is 6.42 Å². The summed E-state index contributed by atoms with van der Waals surface area (Å²) in [5.41, 5.74) is 5.33. The molecule has 0 N–H and O–H groups in total. The number of methoxy groups -OCH3 is 2. The van der Waals surface area contributed by atoms with Crippen LogP contribution in [-0.2, 0) is 6.42 Å². The van der Waals surface area contributed by atoms with Gasteiger partial charge in [-0.25, -0.2) is 4.98 Å². The van der Waals surface area contributed by atoms with Crippen LogP contribution in [-0.4, -0.2) is 50.3 Å². The molecule has 0 aliphatic heterocycles. The second kappa shape index (κ2) is 15.3. The van der Waals surface area contributed by atoms with Crippen molar-refractivity contribution in [1.29, 1.82) is 0 Å². The first-order valence-corrected chi connectivity index (χ1v) is 14.3. The zero-order chi connectivity index (χ0) is 26.9. The van der Waals surface area contributed by atoms with Crippen molar-refractivity contribution >= 4 is 76.1 Å². The van der Waals surface area contributed by atoms with Crippen molar-refractivity contribution in [3.05, 3.63) is 87.2 Å². The van der Waals surface area contributed by atoms with Gasteiger partial charge in [-0.05, 0) is 29.8 Å². The number of hydrogen-bond donors (Lipinski definition) is 0. The summed E-state index contributed by atoms with van der Waals surface area (Å²) in [4.78, 5) is 11.5. The van der Waals surface area contributed by atoms with Crippen LogP contribution in [0.15, 0.2) is 71.0 Å². The SMILES string of the molecule is COc1cc(N(CCCl)CCCl)c(OC)cc1C=Nc1ccc(-c2csc(Cc3ccccc3)n2)c(Cl)c1.Cl. The molecule has 4 aromatic rings. The van der Waals surface area contributed by atoms with Gasteiger partial charge < -0.3 is 14.4 Å². The van der Waals surface area contributed by atoms with Crippen molar-refractivity contribution in [3.63, 3.8) is 0 Å². The van der Waals surface area contributed by atoms with Crippen LogP contribution >= 0.6 is 58.5 Å². The number of aliphatic imine (C=N–C) groups is 1. The zero-order valence-corrected chi connectivity index (χ0v) is 25.5. The van der Waals surface area contributed by atoms with Gasteiger partial charge in [-0.2, -0.15) is 0 Å². The quantitative estimate of drug-likeness (QED) is 0.117. The highest BCUT2D eigenvalue weighted by molar-refractivity contribution is 7.10. The van der Waals surface area contributed by atoms with Gasteiger partial charge in [0.1, 0.15) is 11.5 Å². The zero-order valence-electron chi connectivity index (χ0n) is 21.6. The fraction of sp³-hybridized carbons (Fsp3) is 0.241. The standard InChI is InChI=1S/C29H28Cl3N3O2S.ClH/c1-36-27-17-26(35(12-10-30)13-11-31)28(37-2)15-21(27)18-33-22-8-9-23(24(32)16-22)25-19-38-29(34-25)14-20-6-4-3-5-7-20;/h3-9,15-19H,10-14H2,1-2H3;1H. The number of benzene rings is 3. The molecule has 1 aromatic heterocycles. The van der Waals surface area contributed by atoms with Gasteiger partial charge in [0.2, 0.25) is 0 Å². The van der Waals surface area contributed by atoms with Gasteiger partial charge in [0.25, 0.3) is 0 Å². The lowest BCUT2D eigenvalue weighted by atomic mass is 10.1. The summed E-state index contributed by atoms with van der Waals surface area (Å²) >= 11 is 20.3. The molecule has 0 atom stereocenters. The van der Waals surface area contributed by atoms with E-state index in [4.69, 9.17) is 49.3 Å². The van der Waals surface area contributed by atoms with Crippen molar-refractivity contribution in [3.8, 4) is 22.8 Å². The lowest BCUT2D eigenvalue weighted by molar-refractivity contribution is 0.402. The monoisotopic (exact) mass is 623 g/mol. The summed E-state index contributed by atoms with van der Waals surface area (Å²) in [6.45, 7) is 1.28. The van der Waals surface area contributed by atoms with E-state index in [0.29, 0.717) is 41.4 Å². The molecular formula is C29H29Cl4N3O2S. The average molecular weight is 625 g/mol. The van der Waals surface area contributed by atoms with E-state index in [-0.39, 0.29) is 12.4 Å². The van der Waals surface area contributed by atoms with E-state index in [2.05, 4.69) is 22.0 Å². The molecular weight excluding hydrogens is 596 g/mol. The second-order valence-corrected chi connectivity index (χ2v) is 10.4. The number of thiazole rings is 1. The summed E-state index contributed by atoms with van der Waals surface area (Å²) in [6.07, 6.45) is 2.54. The second-order valence-electron chi connectivity index (χ2n) is 8.34. The first-order chi connectivity index (χ1) is 18.6. The molecule has 0 aliphatic carbocycles. The molecule has 1 heterocycles. The first kappa shape index (κ1) is 31.1. The number of rotatable bonds is 12. The van der Waals surface area contributed by atoms with E-state index in [9.17, 15) is 0 Å². The van der Waals surface area contributed by atoms with Crippen LogP contribution in [0.4, 0.5) is 11.4 Å². The fourth-order valence-corrected chi connectivity index (χ4v) is 5.54. The Bertz CT molecular complexity index is 1380. The Morgan fingerprint density at radius 3 is 2.31 bits per heavy atom. The van der Waals surface area contributed by atoms with Crippen LogP contribution in [0.1, 0.15) is 16.1 Å². The van der Waals surface area contributed by atoms with Gasteiger partial charge in [-0.1, -0.05) is 41.9 Å². The highest BCUT2D eigenvalue weighted by atomic mass is 35.5. The van der Waals surface area contributed by atoms with E-state index < -0.39 is 0 Å². The smallest absolute Gasteiger partial charge is 0.143 e. The highest BCUT2D eigenvalue weighted by Crippen LogP contribution is 2.36. The number of halogens is 4. The van der Waals surface area contributed by atoms with Gasteiger partial charge in [-0.3, -0.25) is 4.99 Å². The molecule has 206 valence electrons. The fourth-order valence-electron chi connectivity index (χ4n) is 4.03. The Hall–Kier alpha value is -2.48. The Balaban J connectivity index is 0.00000420. The van der Waals surface area contributed by atoms with Crippen LogP contribution in [0.3, 0.4) is 0 Å². The Labute approximate surface area is 254 Å². The normalized spacial score (nSPS) is 10.9. The number of nitrogens with zero attached hydrogens (tertiary/aromatic N) is 3. The molecule has 4 rings (SSSR count). The van der Waals surface area contributed by atoms with E-state index >= 15 is 0 Å². The molecule has 39 heavy (non-hydrogen) atoms. The van der Waals surface area contributed by atoms with E-state index in [1.165, 1.54) is 5.56 Å². The Kier molecular flexibility index (Phi) is 12.2. The molecule has 0 aliphatic rings. The Morgan fingerprint density at radius 2 is 1.67 bits per heavy atom. The van der Waals surface area contributed by atoms with Crippen LogP contribution in [0.25, 0.3) is 11.3 Å². The van der Waals surface area contributed by atoms with Gasteiger partial charge in [0.15, 0.2) is 0 Å². The van der Waals surface area contributed by atoms with Crippen LogP contribution < -0.4 is 14.4 Å². The minimum Gasteiger partial charge on any atom is -0.496 e. The van der Waals surface area contributed by atoms with Crippen molar-refractivity contribution in [1.82, 2.24) is 4.98 Å². The maximum atomic E-state index is 6.66. The van der Waals surface area contributed by atoms with Crippen molar-refractivity contribution in [2.75, 3.05) is 44.0 Å². The van der Waals surface area contributed by atoms with Gasteiger partial charge in [0, 0.05) is 60.1 Å². The van der Waals surface area contributed by atoms with Crippen LogP contribution in [0.5, 0.6) is 11.5 Å². The maximum Gasteiger partial charge on any atom is 0.143 e. The predicted molar refractivity (Wildman–Crippen MR) is 170 cm³/mol. The van der Waals surface area contributed by atoms with Gasteiger partial charge in [-0.15, -0.1) is 46.9 Å². The molecule has 10 heteroatoms. The molecule has 0 spiro atoms. The number of ether oxygens (including phenoxy) is 2. The third kappa shape index (κ3) is 8.03. The molecule has 0 unspecified atom stereocenters. The molecule has 3 aromatic carbocycles. The first-order valence-electron chi connectivity index (χ1n) is 12.0. The van der Waals surface area contributed by atoms with Crippen LogP contribution in [0.2, 0.25) is 5.02 Å². The lowest BCUT2D eigenvalue weighted by Gasteiger charge is -2.26. The lowest BCUT2D eigenvalue weighted by Crippen LogP contribution is -2.28. The summed E-state index contributed by atoms with van der Waals surface area (Å²) in [6, 6.07) is 19.8. The third-order valence-electron chi connectivity index (χ3n) is 5.91. The number of hydrogen-bond acceptors (Lipinski definition) is 6. The van der Waals surface area contributed by atoms with Crippen molar-refractivity contribution in [2.24, 2.45) is 4.99 Å². The summed E-state index contributed by atoms with van der Waals surface area (Å²) in [7, 11) is 3.26. The molecule has 0 radical (unpaired) electrons. The minimum absolute atomic E-state index is 0. The Morgan fingerprint density at radius 1 is 0.949 bits per heavy atom. The predicted octanol–water partition coefficient (Wildman–Crippen LogP) is 8.53. The summed E-state index contributed by atoms with van der Waals surface area (Å²) < 4.78 is 11.3. The minimum atomic E-state index is 0. The van der Waals surface area contributed by atoms with Gasteiger partial charge in [0.05, 0.1) is 41.3 Å². The third-order valence-corrected chi connectivity index (χ3v) is 7.41. The molecule has 0 fully saturated rings. The number of alkyl halides is 2. The highest BCUT2D eigenvalue weighted by Gasteiger charge is 2.16. The van der Waals surface area contributed by atoms with Crippen molar-refractivity contribution < 1.29 is 9.47 Å². The number of anilines is 1. The van der Waals surface area contributed by atoms with Gasteiger partial charge >= 0.3 is 0 Å². The van der Waals surface area contributed by atoms with E-state index in [0.717, 1.165) is 39.6 Å². The molecule has 0 saturated heterocycles. The maximum absolute atomic E-state index is 6.66. The number of aromatic nitrogens is 1. The molecule has 0 amide bonds. The average Bonchev–Trinajstić information content (AvgIpc) is 3.39. The summed E-state index contributed by atoms with van der Waals surface area (Å²) in [5, 5.41) is 3.68.